The van der Waals surface area contributed by atoms with Gasteiger partial charge in [-0.05, 0) is 48.1 Å². The van der Waals surface area contributed by atoms with E-state index in [0.717, 1.165) is 5.56 Å². The number of likely N-dealkylation sites (tertiary alicyclic amines) is 1. The Balaban J connectivity index is 1.49. The zero-order valence-corrected chi connectivity index (χ0v) is 21.0. The quantitative estimate of drug-likeness (QED) is 0.487. The Morgan fingerprint density at radius 1 is 0.889 bits per heavy atom. The summed E-state index contributed by atoms with van der Waals surface area (Å²) in [7, 11) is -3.91. The van der Waals surface area contributed by atoms with Gasteiger partial charge in [0.1, 0.15) is 11.3 Å². The lowest BCUT2D eigenvalue weighted by molar-refractivity contribution is -0.149. The molecule has 1 N–H and O–H groups in total. The van der Waals surface area contributed by atoms with Crippen molar-refractivity contribution in [1.82, 2.24) is 4.90 Å². The van der Waals surface area contributed by atoms with E-state index in [1.54, 1.807) is 72.8 Å². The molecular formula is C28H26ClNO5S. The number of aliphatic carboxylic acids is 1. The van der Waals surface area contributed by atoms with Crippen LogP contribution in [0.4, 0.5) is 0 Å². The summed E-state index contributed by atoms with van der Waals surface area (Å²) in [6.45, 7) is -0.149. The molecule has 1 amide bonds. The highest BCUT2D eigenvalue weighted by atomic mass is 35.5. The average Bonchev–Trinajstić information content (AvgIpc) is 3.55. The van der Waals surface area contributed by atoms with E-state index in [2.05, 4.69) is 0 Å². The molecule has 1 aliphatic carbocycles. The summed E-state index contributed by atoms with van der Waals surface area (Å²) in [5.74, 6) is -1.52. The minimum absolute atomic E-state index is 0.143. The van der Waals surface area contributed by atoms with Gasteiger partial charge in [0, 0.05) is 11.6 Å². The van der Waals surface area contributed by atoms with Gasteiger partial charge in [-0.3, -0.25) is 4.79 Å². The maximum absolute atomic E-state index is 14.1. The van der Waals surface area contributed by atoms with Crippen LogP contribution in [0.5, 0.6) is 0 Å². The first-order valence-corrected chi connectivity index (χ1v) is 13.9. The summed E-state index contributed by atoms with van der Waals surface area (Å²) in [5.41, 5.74) is 1.18. The lowest BCUT2D eigenvalue weighted by atomic mass is 9.94. The van der Waals surface area contributed by atoms with Gasteiger partial charge in [-0.1, -0.05) is 84.4 Å². The minimum atomic E-state index is -3.91. The fourth-order valence-corrected chi connectivity index (χ4v) is 7.71. The predicted octanol–water partition coefficient (Wildman–Crippen LogP) is 4.63. The van der Waals surface area contributed by atoms with Gasteiger partial charge in [-0.15, -0.1) is 0 Å². The summed E-state index contributed by atoms with van der Waals surface area (Å²) in [4.78, 5) is 27.2. The molecular weight excluding hydrogens is 498 g/mol. The van der Waals surface area contributed by atoms with E-state index < -0.39 is 37.8 Å². The normalized spacial score (nSPS) is 20.9. The largest absolute Gasteiger partial charge is 0.480 e. The lowest BCUT2D eigenvalue weighted by Gasteiger charge is -2.27. The number of amides is 1. The molecule has 0 bridgehead atoms. The first-order chi connectivity index (χ1) is 17.2. The van der Waals surface area contributed by atoms with Crippen molar-refractivity contribution >= 4 is 33.3 Å². The Morgan fingerprint density at radius 2 is 1.42 bits per heavy atom. The zero-order valence-electron chi connectivity index (χ0n) is 19.5. The maximum atomic E-state index is 14.1. The molecule has 0 radical (unpaired) electrons. The van der Waals surface area contributed by atoms with Gasteiger partial charge in [-0.2, -0.15) is 0 Å². The van der Waals surface area contributed by atoms with Crippen molar-refractivity contribution in [3.63, 3.8) is 0 Å². The van der Waals surface area contributed by atoms with Crippen molar-refractivity contribution in [2.75, 3.05) is 6.54 Å². The minimum Gasteiger partial charge on any atom is -0.480 e. The van der Waals surface area contributed by atoms with Crippen LogP contribution in [-0.2, 0) is 24.8 Å². The molecule has 5 rings (SSSR count). The molecule has 6 nitrogen and oxygen atoms in total. The van der Waals surface area contributed by atoms with Crippen LogP contribution in [-0.4, -0.2) is 48.1 Å². The van der Waals surface area contributed by atoms with Crippen LogP contribution in [0.25, 0.3) is 0 Å². The third-order valence-electron chi connectivity index (χ3n) is 7.36. The Kier molecular flexibility index (Phi) is 6.39. The van der Waals surface area contributed by atoms with E-state index >= 15 is 0 Å². The van der Waals surface area contributed by atoms with E-state index in [-0.39, 0.29) is 18.9 Å². The first kappa shape index (κ1) is 24.5. The van der Waals surface area contributed by atoms with Crippen LogP contribution >= 0.6 is 11.6 Å². The number of halogens is 1. The van der Waals surface area contributed by atoms with E-state index in [1.807, 2.05) is 12.1 Å². The molecule has 8 heteroatoms. The van der Waals surface area contributed by atoms with Crippen molar-refractivity contribution < 1.29 is 23.1 Å². The Hall–Kier alpha value is -3.16. The Labute approximate surface area is 215 Å². The number of carboxylic acid groups (broad SMARTS) is 1. The summed E-state index contributed by atoms with van der Waals surface area (Å²) in [5, 5.41) is 8.56. The molecule has 1 saturated heterocycles. The number of rotatable bonds is 7. The van der Waals surface area contributed by atoms with Crippen molar-refractivity contribution in [2.45, 2.75) is 41.2 Å². The molecule has 1 saturated carbocycles. The van der Waals surface area contributed by atoms with Gasteiger partial charge >= 0.3 is 5.97 Å². The standard InChI is InChI=1S/C28H26ClNO5S/c29-22-13-11-21(12-14-22)28(15-16-28)27(33)30-18-23(17-24(30)26(31)32)36(34,35)25(19-7-3-1-4-8-19)20-9-5-2-6-10-20/h1-14,23-25H,15-18H2,(H,31,32)/t23-,24+/m1/s1. The average molecular weight is 524 g/mol. The van der Waals surface area contributed by atoms with Crippen LogP contribution in [0, 0.1) is 0 Å². The molecule has 0 aromatic heterocycles. The van der Waals surface area contributed by atoms with E-state index in [4.69, 9.17) is 11.6 Å². The zero-order chi connectivity index (χ0) is 25.5. The van der Waals surface area contributed by atoms with Crippen molar-refractivity contribution in [1.29, 1.82) is 0 Å². The third-order valence-corrected chi connectivity index (χ3v) is 10.1. The SMILES string of the molecule is O=C(O)[C@@H]1C[C@@H](S(=O)(=O)C(c2ccccc2)c2ccccc2)CN1C(=O)C1(c2ccc(Cl)cc2)CC1. The second kappa shape index (κ2) is 9.37. The van der Waals surface area contributed by atoms with Crippen LogP contribution in [0.3, 0.4) is 0 Å². The van der Waals surface area contributed by atoms with Crippen LogP contribution in [0.2, 0.25) is 5.02 Å². The van der Waals surface area contributed by atoms with E-state index in [9.17, 15) is 23.1 Å². The molecule has 1 heterocycles. The summed E-state index contributed by atoms with van der Waals surface area (Å²) >= 11 is 6.01. The molecule has 2 atom stereocenters. The fourth-order valence-electron chi connectivity index (χ4n) is 5.31. The second-order valence-corrected chi connectivity index (χ2v) is 12.3. The van der Waals surface area contributed by atoms with Gasteiger partial charge in [0.2, 0.25) is 5.91 Å². The molecule has 0 unspecified atom stereocenters. The number of carboxylic acids is 1. The number of hydrogen-bond acceptors (Lipinski definition) is 4. The first-order valence-electron chi connectivity index (χ1n) is 11.9. The van der Waals surface area contributed by atoms with Gasteiger partial charge in [0.25, 0.3) is 0 Å². The van der Waals surface area contributed by atoms with Gasteiger partial charge in [0.15, 0.2) is 9.84 Å². The van der Waals surface area contributed by atoms with Gasteiger partial charge < -0.3 is 10.0 Å². The highest BCUT2D eigenvalue weighted by Crippen LogP contribution is 2.51. The van der Waals surface area contributed by atoms with Gasteiger partial charge in [0.05, 0.1) is 10.7 Å². The van der Waals surface area contributed by atoms with Crippen molar-refractivity contribution in [3.8, 4) is 0 Å². The van der Waals surface area contributed by atoms with E-state index in [0.29, 0.717) is 29.0 Å². The summed E-state index contributed by atoms with van der Waals surface area (Å²) in [6, 6.07) is 23.6. The molecule has 2 aliphatic rings. The topological polar surface area (TPSA) is 91.8 Å². The lowest BCUT2D eigenvalue weighted by Crippen LogP contribution is -2.46. The summed E-state index contributed by atoms with van der Waals surface area (Å²) in [6.07, 6.45) is 1.03. The number of carbonyl (C=O) groups is 2. The third kappa shape index (κ3) is 4.31. The Bertz CT molecular complexity index is 1330. The summed E-state index contributed by atoms with van der Waals surface area (Å²) < 4.78 is 28.2. The molecule has 3 aromatic carbocycles. The van der Waals surface area contributed by atoms with Crippen molar-refractivity contribution in [2.24, 2.45) is 0 Å². The molecule has 1 aliphatic heterocycles. The van der Waals surface area contributed by atoms with E-state index in [1.165, 1.54) is 4.90 Å². The molecule has 3 aromatic rings. The van der Waals surface area contributed by atoms with Crippen LogP contribution < -0.4 is 0 Å². The molecule has 36 heavy (non-hydrogen) atoms. The maximum Gasteiger partial charge on any atom is 0.326 e. The number of nitrogens with zero attached hydrogens (tertiary/aromatic N) is 1. The highest BCUT2D eigenvalue weighted by Gasteiger charge is 2.57. The second-order valence-electron chi connectivity index (χ2n) is 9.55. The predicted molar refractivity (Wildman–Crippen MR) is 138 cm³/mol. The van der Waals surface area contributed by atoms with Crippen LogP contribution in [0.1, 0.15) is 41.2 Å². The molecule has 2 fully saturated rings. The monoisotopic (exact) mass is 523 g/mol. The van der Waals surface area contributed by atoms with Gasteiger partial charge in [-0.25, -0.2) is 13.2 Å². The fraction of sp³-hybridized carbons (Fsp3) is 0.286. The molecule has 0 spiro atoms. The smallest absolute Gasteiger partial charge is 0.326 e. The Morgan fingerprint density at radius 3 is 1.89 bits per heavy atom. The molecule has 186 valence electrons. The number of carbonyl (C=O) groups excluding carboxylic acids is 1. The number of sulfone groups is 1. The highest BCUT2D eigenvalue weighted by molar-refractivity contribution is 7.92. The van der Waals surface area contributed by atoms with Crippen molar-refractivity contribution in [3.05, 3.63) is 107 Å². The number of benzene rings is 3. The van der Waals surface area contributed by atoms with Crippen LogP contribution in [0.15, 0.2) is 84.9 Å². The number of hydrogen-bond donors (Lipinski definition) is 1.